The second-order valence-corrected chi connectivity index (χ2v) is 9.58. The fourth-order valence-corrected chi connectivity index (χ4v) is 5.04. The molecule has 0 aromatic heterocycles. The third kappa shape index (κ3) is 6.20. The number of nitrogens with one attached hydrogen (secondary N) is 1. The summed E-state index contributed by atoms with van der Waals surface area (Å²) in [5, 5.41) is 0.207. The van der Waals surface area contributed by atoms with E-state index in [1.54, 1.807) is 11.8 Å². The van der Waals surface area contributed by atoms with E-state index in [0.717, 1.165) is 19.6 Å². The van der Waals surface area contributed by atoms with Crippen molar-refractivity contribution in [3.05, 3.63) is 59.1 Å². The molecule has 1 fully saturated rings. The quantitative estimate of drug-likeness (QED) is 0.648. The van der Waals surface area contributed by atoms with Gasteiger partial charge in [0.1, 0.15) is 5.75 Å². The smallest absolute Gasteiger partial charge is 0.241 e. The molecular weight excluding hydrogens is 438 g/mol. The van der Waals surface area contributed by atoms with Gasteiger partial charge < -0.3 is 9.64 Å². The van der Waals surface area contributed by atoms with E-state index in [1.165, 1.54) is 23.8 Å². The normalized spacial score (nSPS) is 16.2. The van der Waals surface area contributed by atoms with Gasteiger partial charge in [0.25, 0.3) is 0 Å². The first-order valence-corrected chi connectivity index (χ1v) is 12.2. The maximum Gasteiger partial charge on any atom is 0.241 e. The van der Waals surface area contributed by atoms with Gasteiger partial charge in [-0.3, -0.25) is 9.69 Å². The maximum atomic E-state index is 12.8. The van der Waals surface area contributed by atoms with Gasteiger partial charge in [0.05, 0.1) is 22.6 Å². The Bertz CT molecular complexity index is 993. The van der Waals surface area contributed by atoms with Crippen molar-refractivity contribution < 1.29 is 17.9 Å². The van der Waals surface area contributed by atoms with E-state index in [2.05, 4.69) is 21.8 Å². The van der Waals surface area contributed by atoms with Crippen LogP contribution in [-0.2, 0) is 21.4 Å². The molecular formula is C22H28ClN3O4S. The second-order valence-electron chi connectivity index (χ2n) is 7.46. The van der Waals surface area contributed by atoms with Crippen molar-refractivity contribution in [2.75, 3.05) is 32.8 Å². The van der Waals surface area contributed by atoms with E-state index in [1.807, 2.05) is 25.1 Å². The van der Waals surface area contributed by atoms with Gasteiger partial charge in [0, 0.05) is 32.7 Å². The minimum absolute atomic E-state index is 0.00622. The molecule has 0 radical (unpaired) electrons. The SMILES string of the molecule is CCOc1ccc(S(=O)(=O)N[C@@H](C)C(=O)N2CCN(Cc3ccccc3)CC2)cc1Cl. The number of sulfonamides is 1. The van der Waals surface area contributed by atoms with E-state index in [9.17, 15) is 13.2 Å². The first-order chi connectivity index (χ1) is 14.8. The molecule has 0 spiro atoms. The number of amides is 1. The molecule has 3 rings (SSSR count). The van der Waals surface area contributed by atoms with Gasteiger partial charge in [0.15, 0.2) is 0 Å². The first kappa shape index (κ1) is 23.5. The molecule has 1 saturated heterocycles. The minimum atomic E-state index is -3.90. The molecule has 1 N–H and O–H groups in total. The molecule has 1 heterocycles. The summed E-state index contributed by atoms with van der Waals surface area (Å²) in [6, 6.07) is 13.6. The summed E-state index contributed by atoms with van der Waals surface area (Å²) in [6.45, 7) is 7.25. The average molecular weight is 466 g/mol. The highest BCUT2D eigenvalue weighted by Gasteiger charge is 2.28. The number of hydrogen-bond acceptors (Lipinski definition) is 5. The molecule has 0 saturated carbocycles. The molecule has 1 aliphatic heterocycles. The van der Waals surface area contributed by atoms with Crippen LogP contribution in [0, 0.1) is 0 Å². The summed E-state index contributed by atoms with van der Waals surface area (Å²) < 4.78 is 33.2. The molecule has 1 amide bonds. The molecule has 2 aromatic carbocycles. The lowest BCUT2D eigenvalue weighted by molar-refractivity contribution is -0.134. The summed E-state index contributed by atoms with van der Waals surface area (Å²) >= 11 is 6.11. The van der Waals surface area contributed by atoms with Crippen LogP contribution in [0.3, 0.4) is 0 Å². The zero-order chi connectivity index (χ0) is 22.4. The standard InChI is InChI=1S/C22H28ClN3O4S/c1-3-30-21-10-9-19(15-20(21)23)31(28,29)24-17(2)22(27)26-13-11-25(12-14-26)16-18-7-5-4-6-8-18/h4-10,15,17,24H,3,11-14,16H2,1-2H3/t17-/m0/s1. The number of rotatable bonds is 8. The average Bonchev–Trinajstić information content (AvgIpc) is 2.75. The highest BCUT2D eigenvalue weighted by molar-refractivity contribution is 7.89. The molecule has 0 unspecified atom stereocenters. The maximum absolute atomic E-state index is 12.8. The number of hydrogen-bond donors (Lipinski definition) is 1. The number of piperazine rings is 1. The predicted molar refractivity (Wildman–Crippen MR) is 121 cm³/mol. The molecule has 1 atom stereocenters. The van der Waals surface area contributed by atoms with Crippen molar-refractivity contribution in [2.45, 2.75) is 31.3 Å². The lowest BCUT2D eigenvalue weighted by Crippen LogP contribution is -2.53. The topological polar surface area (TPSA) is 78.9 Å². The Hall–Kier alpha value is -2.13. The van der Waals surface area contributed by atoms with Gasteiger partial charge in [-0.05, 0) is 37.6 Å². The van der Waals surface area contributed by atoms with Crippen LogP contribution in [0.5, 0.6) is 5.75 Å². The van der Waals surface area contributed by atoms with Crippen molar-refractivity contribution in [3.63, 3.8) is 0 Å². The molecule has 0 bridgehead atoms. The largest absolute Gasteiger partial charge is 0.492 e. The van der Waals surface area contributed by atoms with Crippen LogP contribution in [0.1, 0.15) is 19.4 Å². The van der Waals surface area contributed by atoms with Crippen LogP contribution < -0.4 is 9.46 Å². The minimum Gasteiger partial charge on any atom is -0.492 e. The van der Waals surface area contributed by atoms with Gasteiger partial charge in [-0.25, -0.2) is 8.42 Å². The van der Waals surface area contributed by atoms with Crippen molar-refractivity contribution >= 4 is 27.5 Å². The van der Waals surface area contributed by atoms with E-state index < -0.39 is 16.1 Å². The fraction of sp³-hybridized carbons (Fsp3) is 0.409. The Morgan fingerprint density at radius 3 is 2.42 bits per heavy atom. The van der Waals surface area contributed by atoms with Crippen molar-refractivity contribution in [2.24, 2.45) is 0 Å². The zero-order valence-electron chi connectivity index (χ0n) is 17.8. The van der Waals surface area contributed by atoms with E-state index >= 15 is 0 Å². The molecule has 9 heteroatoms. The van der Waals surface area contributed by atoms with Crippen LogP contribution in [0.4, 0.5) is 0 Å². The Morgan fingerprint density at radius 1 is 1.13 bits per heavy atom. The van der Waals surface area contributed by atoms with Gasteiger partial charge in [-0.1, -0.05) is 41.9 Å². The number of carbonyl (C=O) groups is 1. The second kappa shape index (κ2) is 10.5. The fourth-order valence-electron chi connectivity index (χ4n) is 3.51. The van der Waals surface area contributed by atoms with Gasteiger partial charge >= 0.3 is 0 Å². The molecule has 31 heavy (non-hydrogen) atoms. The summed E-state index contributed by atoms with van der Waals surface area (Å²) in [5.74, 6) is 0.181. The molecule has 168 valence electrons. The lowest BCUT2D eigenvalue weighted by atomic mass is 10.2. The first-order valence-electron chi connectivity index (χ1n) is 10.3. The zero-order valence-corrected chi connectivity index (χ0v) is 19.3. The number of benzene rings is 2. The summed E-state index contributed by atoms with van der Waals surface area (Å²) in [5.41, 5.74) is 1.23. The van der Waals surface area contributed by atoms with Gasteiger partial charge in [-0.2, -0.15) is 4.72 Å². The van der Waals surface area contributed by atoms with Crippen molar-refractivity contribution in [3.8, 4) is 5.75 Å². The van der Waals surface area contributed by atoms with Crippen molar-refractivity contribution in [1.29, 1.82) is 0 Å². The van der Waals surface area contributed by atoms with Gasteiger partial charge in [0.2, 0.25) is 15.9 Å². The van der Waals surface area contributed by atoms with Crippen LogP contribution in [-0.4, -0.2) is 63.0 Å². The molecule has 2 aromatic rings. The summed E-state index contributed by atoms with van der Waals surface area (Å²) in [7, 11) is -3.90. The number of carbonyl (C=O) groups excluding carboxylic acids is 1. The predicted octanol–water partition coefficient (Wildman–Crippen LogP) is 2.75. The third-order valence-corrected chi connectivity index (χ3v) is 6.98. The number of ether oxygens (including phenoxy) is 1. The molecule has 0 aliphatic carbocycles. The Balaban J connectivity index is 1.56. The Labute approximate surface area is 189 Å². The third-order valence-electron chi connectivity index (χ3n) is 5.15. The highest BCUT2D eigenvalue weighted by Crippen LogP contribution is 2.27. The molecule has 1 aliphatic rings. The monoisotopic (exact) mass is 465 g/mol. The lowest BCUT2D eigenvalue weighted by Gasteiger charge is -2.36. The van der Waals surface area contributed by atoms with Gasteiger partial charge in [-0.15, -0.1) is 0 Å². The molecule has 7 nitrogen and oxygen atoms in total. The van der Waals surface area contributed by atoms with Crippen LogP contribution >= 0.6 is 11.6 Å². The summed E-state index contributed by atoms with van der Waals surface area (Å²) in [6.07, 6.45) is 0. The van der Waals surface area contributed by atoms with Crippen LogP contribution in [0.2, 0.25) is 5.02 Å². The summed E-state index contributed by atoms with van der Waals surface area (Å²) in [4.78, 5) is 16.8. The number of nitrogens with zero attached hydrogens (tertiary/aromatic N) is 2. The Kier molecular flexibility index (Phi) is 7.94. The van der Waals surface area contributed by atoms with Crippen molar-refractivity contribution in [1.82, 2.24) is 14.5 Å². The highest BCUT2D eigenvalue weighted by atomic mass is 35.5. The van der Waals surface area contributed by atoms with E-state index in [0.29, 0.717) is 25.4 Å². The van der Waals surface area contributed by atoms with Crippen LogP contribution in [0.25, 0.3) is 0 Å². The van der Waals surface area contributed by atoms with E-state index in [-0.39, 0.29) is 15.8 Å². The van der Waals surface area contributed by atoms with Crippen LogP contribution in [0.15, 0.2) is 53.4 Å². The van der Waals surface area contributed by atoms with E-state index in [4.69, 9.17) is 16.3 Å². The number of halogens is 1. The Morgan fingerprint density at radius 2 is 1.81 bits per heavy atom.